The fraction of sp³-hybridized carbons (Fsp3) is 0.583. The maximum absolute atomic E-state index is 12.1. The minimum atomic E-state index is -0.0343. The van der Waals surface area contributed by atoms with Gasteiger partial charge in [0.25, 0.3) is 0 Å². The van der Waals surface area contributed by atoms with E-state index in [9.17, 15) is 4.79 Å². The highest BCUT2D eigenvalue weighted by molar-refractivity contribution is 8.93. The molecule has 9 heteroatoms. The molecule has 1 heterocycles. The molecule has 1 aliphatic carbocycles. The van der Waals surface area contributed by atoms with Crippen LogP contribution in [0.15, 0.2) is 6.07 Å². The highest BCUT2D eigenvalue weighted by atomic mass is 79.9. The molecule has 0 unspecified atom stereocenters. The third kappa shape index (κ3) is 5.76. The van der Waals surface area contributed by atoms with Gasteiger partial charge in [-0.1, -0.05) is 0 Å². The minimum Gasteiger partial charge on any atom is -0.383 e. The summed E-state index contributed by atoms with van der Waals surface area (Å²) in [4.78, 5) is 19.8. The first-order valence-electron chi connectivity index (χ1n) is 6.49. The zero-order chi connectivity index (χ0) is 13.8. The summed E-state index contributed by atoms with van der Waals surface area (Å²) in [5.41, 5.74) is 16.7. The van der Waals surface area contributed by atoms with Gasteiger partial charge in [-0.05, 0) is 38.1 Å². The molecule has 1 fully saturated rings. The van der Waals surface area contributed by atoms with E-state index in [0.717, 1.165) is 25.7 Å². The first-order chi connectivity index (χ1) is 9.08. The van der Waals surface area contributed by atoms with E-state index >= 15 is 0 Å². The number of nitrogens with one attached hydrogen (secondary N) is 1. The van der Waals surface area contributed by atoms with Gasteiger partial charge < -0.3 is 22.5 Å². The van der Waals surface area contributed by atoms with Crippen LogP contribution < -0.4 is 22.5 Å². The SMILES string of the molecule is Br.Br.NC[C@H]1CC[C@H](C(=O)Nc2cc(N)nc(N)n2)CC1. The van der Waals surface area contributed by atoms with Crippen LogP contribution in [-0.2, 0) is 4.79 Å². The fourth-order valence-electron chi connectivity index (χ4n) is 2.44. The number of hydrogen-bond donors (Lipinski definition) is 4. The number of aromatic nitrogens is 2. The van der Waals surface area contributed by atoms with Crippen molar-refractivity contribution in [2.24, 2.45) is 17.6 Å². The van der Waals surface area contributed by atoms with Crippen molar-refractivity contribution in [3.05, 3.63) is 6.07 Å². The van der Waals surface area contributed by atoms with E-state index in [1.807, 2.05) is 0 Å². The molecule has 0 aliphatic heterocycles. The number of carbonyl (C=O) groups is 1. The lowest BCUT2D eigenvalue weighted by Crippen LogP contribution is -2.29. The maximum Gasteiger partial charge on any atom is 0.228 e. The van der Waals surface area contributed by atoms with Crippen LogP contribution >= 0.6 is 34.0 Å². The molecule has 7 N–H and O–H groups in total. The van der Waals surface area contributed by atoms with Crippen molar-refractivity contribution in [2.45, 2.75) is 25.7 Å². The van der Waals surface area contributed by atoms with Gasteiger partial charge in [0.15, 0.2) is 0 Å². The molecule has 1 saturated carbocycles. The van der Waals surface area contributed by atoms with Crippen molar-refractivity contribution in [3.63, 3.8) is 0 Å². The number of anilines is 3. The Labute approximate surface area is 145 Å². The standard InChI is InChI=1S/C12H20N6O.2BrH/c13-6-7-1-3-8(4-2-7)11(19)17-10-5-9(14)16-12(15)18-10;;/h5,7-8H,1-4,6,13H2,(H5,14,15,16,17,18,19);2*1H/t7-,8-;;. The summed E-state index contributed by atoms with van der Waals surface area (Å²) in [6.45, 7) is 0.702. The van der Waals surface area contributed by atoms with Crippen molar-refractivity contribution in [1.82, 2.24) is 9.97 Å². The van der Waals surface area contributed by atoms with Gasteiger partial charge in [0, 0.05) is 12.0 Å². The highest BCUT2D eigenvalue weighted by Crippen LogP contribution is 2.28. The molecule has 0 saturated heterocycles. The average molecular weight is 426 g/mol. The number of halogens is 2. The zero-order valence-electron chi connectivity index (χ0n) is 11.6. The van der Waals surface area contributed by atoms with Gasteiger partial charge in [-0.2, -0.15) is 9.97 Å². The molecule has 7 nitrogen and oxygen atoms in total. The third-order valence-corrected chi connectivity index (χ3v) is 3.57. The first-order valence-corrected chi connectivity index (χ1v) is 6.49. The normalized spacial score (nSPS) is 20.8. The molecule has 0 aromatic carbocycles. The molecule has 1 amide bonds. The van der Waals surface area contributed by atoms with Crippen LogP contribution in [0.2, 0.25) is 0 Å². The Balaban J connectivity index is 0.00000200. The summed E-state index contributed by atoms with van der Waals surface area (Å²) >= 11 is 0. The van der Waals surface area contributed by atoms with E-state index in [0.29, 0.717) is 18.3 Å². The van der Waals surface area contributed by atoms with Gasteiger partial charge in [0.05, 0.1) is 0 Å². The van der Waals surface area contributed by atoms with Crippen molar-refractivity contribution >= 4 is 57.5 Å². The van der Waals surface area contributed by atoms with Crippen molar-refractivity contribution < 1.29 is 4.79 Å². The van der Waals surface area contributed by atoms with E-state index in [2.05, 4.69) is 15.3 Å². The zero-order valence-corrected chi connectivity index (χ0v) is 15.0. The molecule has 0 radical (unpaired) electrons. The topological polar surface area (TPSA) is 133 Å². The number of carbonyl (C=O) groups excluding carboxylic acids is 1. The van der Waals surface area contributed by atoms with Crippen LogP contribution in [0.3, 0.4) is 0 Å². The quantitative estimate of drug-likeness (QED) is 0.579. The van der Waals surface area contributed by atoms with Crippen molar-refractivity contribution in [1.29, 1.82) is 0 Å². The Bertz CT molecular complexity index is 445. The predicted octanol–water partition coefficient (Wildman–Crippen LogP) is 1.50. The molecule has 120 valence electrons. The van der Waals surface area contributed by atoms with Crippen LogP contribution in [0.5, 0.6) is 0 Å². The molecule has 0 atom stereocenters. The van der Waals surface area contributed by atoms with E-state index in [4.69, 9.17) is 17.2 Å². The van der Waals surface area contributed by atoms with Crippen molar-refractivity contribution in [3.8, 4) is 0 Å². The second-order valence-electron chi connectivity index (χ2n) is 4.98. The molecule has 1 aromatic heterocycles. The van der Waals surface area contributed by atoms with Gasteiger partial charge in [0.1, 0.15) is 11.6 Å². The lowest BCUT2D eigenvalue weighted by Gasteiger charge is -2.26. The fourth-order valence-corrected chi connectivity index (χ4v) is 2.44. The Morgan fingerprint density at radius 2 is 1.81 bits per heavy atom. The summed E-state index contributed by atoms with van der Waals surface area (Å²) < 4.78 is 0. The molecular formula is C12H22Br2N6O. The van der Waals surface area contributed by atoms with Gasteiger partial charge in [-0.15, -0.1) is 34.0 Å². The van der Waals surface area contributed by atoms with Gasteiger partial charge in [0.2, 0.25) is 11.9 Å². The second-order valence-corrected chi connectivity index (χ2v) is 4.98. The summed E-state index contributed by atoms with van der Waals surface area (Å²) in [5, 5.41) is 2.74. The first kappa shape index (κ1) is 20.1. The highest BCUT2D eigenvalue weighted by Gasteiger charge is 2.25. The number of nitrogens with zero attached hydrogens (tertiary/aromatic N) is 2. The number of rotatable bonds is 3. The number of nitrogens with two attached hydrogens (primary N) is 3. The van der Waals surface area contributed by atoms with E-state index in [1.54, 1.807) is 0 Å². The monoisotopic (exact) mass is 424 g/mol. The summed E-state index contributed by atoms with van der Waals surface area (Å²) in [6, 6.07) is 1.50. The molecular weight excluding hydrogens is 404 g/mol. The molecule has 2 rings (SSSR count). The van der Waals surface area contributed by atoms with Crippen LogP contribution in [0.25, 0.3) is 0 Å². The predicted molar refractivity (Wildman–Crippen MR) is 94.6 cm³/mol. The minimum absolute atomic E-state index is 0. The summed E-state index contributed by atoms with van der Waals surface area (Å²) in [5.74, 6) is 1.19. The largest absolute Gasteiger partial charge is 0.383 e. The summed E-state index contributed by atoms with van der Waals surface area (Å²) in [6.07, 6.45) is 3.73. The van der Waals surface area contributed by atoms with Crippen molar-refractivity contribution in [2.75, 3.05) is 23.3 Å². The Hall–Kier alpha value is -0.930. The maximum atomic E-state index is 12.1. The van der Waals surface area contributed by atoms with Crippen LogP contribution in [-0.4, -0.2) is 22.4 Å². The Kier molecular flexibility index (Phi) is 8.76. The smallest absolute Gasteiger partial charge is 0.228 e. The van der Waals surface area contributed by atoms with Crippen LogP contribution in [0.1, 0.15) is 25.7 Å². The molecule has 0 bridgehead atoms. The molecule has 21 heavy (non-hydrogen) atoms. The Morgan fingerprint density at radius 3 is 2.33 bits per heavy atom. The second kappa shape index (κ2) is 9.16. The number of amides is 1. The molecule has 1 aliphatic rings. The van der Waals surface area contributed by atoms with E-state index in [-0.39, 0.29) is 57.6 Å². The van der Waals surface area contributed by atoms with Crippen LogP contribution in [0, 0.1) is 11.8 Å². The van der Waals surface area contributed by atoms with Gasteiger partial charge in [-0.3, -0.25) is 4.79 Å². The Morgan fingerprint density at radius 1 is 1.19 bits per heavy atom. The van der Waals surface area contributed by atoms with Gasteiger partial charge in [-0.25, -0.2) is 0 Å². The summed E-state index contributed by atoms with van der Waals surface area (Å²) in [7, 11) is 0. The van der Waals surface area contributed by atoms with Crippen LogP contribution in [0.4, 0.5) is 17.6 Å². The average Bonchev–Trinajstić information content (AvgIpc) is 2.37. The lowest BCUT2D eigenvalue weighted by atomic mass is 9.81. The van der Waals surface area contributed by atoms with E-state index < -0.39 is 0 Å². The third-order valence-electron chi connectivity index (χ3n) is 3.57. The van der Waals surface area contributed by atoms with E-state index in [1.165, 1.54) is 6.07 Å². The lowest BCUT2D eigenvalue weighted by molar-refractivity contribution is -0.121. The number of nitrogen functional groups attached to an aromatic ring is 2. The van der Waals surface area contributed by atoms with Gasteiger partial charge >= 0.3 is 0 Å². The molecule has 1 aromatic rings. The number of hydrogen-bond acceptors (Lipinski definition) is 6. The molecule has 0 spiro atoms.